The number of nitrogens with one attached hydrogen (secondary N) is 2. The number of carbonyl (C=O) groups is 2. The Bertz CT molecular complexity index is 1440. The highest BCUT2D eigenvalue weighted by molar-refractivity contribution is 5.96. The van der Waals surface area contributed by atoms with Crippen LogP contribution in [0.2, 0.25) is 0 Å². The molecule has 1 saturated heterocycles. The Hall–Kier alpha value is -4.17. The minimum atomic E-state index is -1.15. The summed E-state index contributed by atoms with van der Waals surface area (Å²) >= 11 is 0. The van der Waals surface area contributed by atoms with Gasteiger partial charge in [0.25, 0.3) is 5.91 Å². The van der Waals surface area contributed by atoms with E-state index < -0.39 is 5.54 Å². The van der Waals surface area contributed by atoms with Gasteiger partial charge in [0.1, 0.15) is 17.1 Å². The van der Waals surface area contributed by atoms with E-state index in [9.17, 15) is 9.59 Å². The number of methoxy groups -OCH3 is 1. The summed E-state index contributed by atoms with van der Waals surface area (Å²) < 4.78 is 5.51. The third-order valence-corrected chi connectivity index (χ3v) is 8.13. The van der Waals surface area contributed by atoms with Crippen LogP contribution >= 0.6 is 0 Å². The van der Waals surface area contributed by atoms with Crippen LogP contribution in [0.3, 0.4) is 0 Å². The van der Waals surface area contributed by atoms with Crippen molar-refractivity contribution in [3.8, 4) is 5.75 Å². The lowest BCUT2D eigenvalue weighted by Crippen LogP contribution is -2.56. The van der Waals surface area contributed by atoms with Gasteiger partial charge in [0, 0.05) is 24.2 Å². The number of rotatable bonds is 7. The van der Waals surface area contributed by atoms with Gasteiger partial charge < -0.3 is 26.4 Å². The predicted octanol–water partition coefficient (Wildman–Crippen LogP) is 2.76. The number of fused-ring (bicyclic) bond motifs is 2. The molecule has 8 heteroatoms. The fourth-order valence-corrected chi connectivity index (χ4v) is 6.21. The molecule has 1 aliphatic carbocycles. The zero-order valence-electron chi connectivity index (χ0n) is 22.3. The number of nitrogens with two attached hydrogens (primary N) is 2. The Morgan fingerprint density at radius 3 is 2.56 bits per heavy atom. The second-order valence-corrected chi connectivity index (χ2v) is 10.2. The van der Waals surface area contributed by atoms with Crippen molar-refractivity contribution < 1.29 is 14.3 Å². The number of hydrogen-bond acceptors (Lipinski definition) is 5. The molecule has 6 N–H and O–H groups in total. The fraction of sp³-hybridized carbons (Fsp3) is 0.323. The molecule has 3 aromatic carbocycles. The van der Waals surface area contributed by atoms with Crippen molar-refractivity contribution in [3.63, 3.8) is 0 Å². The first kappa shape index (κ1) is 26.4. The van der Waals surface area contributed by atoms with Gasteiger partial charge in [0.05, 0.1) is 13.7 Å². The molecule has 2 aliphatic rings. The van der Waals surface area contributed by atoms with Gasteiger partial charge in [-0.05, 0) is 66.0 Å². The van der Waals surface area contributed by atoms with Crippen LogP contribution in [-0.2, 0) is 40.9 Å². The van der Waals surface area contributed by atoms with Crippen LogP contribution in [0.1, 0.15) is 51.8 Å². The summed E-state index contributed by atoms with van der Waals surface area (Å²) in [5.41, 5.74) is 17.5. The van der Waals surface area contributed by atoms with Gasteiger partial charge in [-0.1, -0.05) is 54.6 Å². The average Bonchev–Trinajstić information content (AvgIpc) is 3.31. The maximum atomic E-state index is 14.3. The van der Waals surface area contributed by atoms with Gasteiger partial charge in [-0.25, -0.2) is 0 Å². The highest BCUT2D eigenvalue weighted by Crippen LogP contribution is 2.43. The zero-order chi connectivity index (χ0) is 27.6. The maximum Gasteiger partial charge on any atom is 0.250 e. The van der Waals surface area contributed by atoms with Crippen LogP contribution in [0, 0.1) is 5.41 Å². The van der Waals surface area contributed by atoms with Crippen LogP contribution < -0.4 is 21.5 Å². The van der Waals surface area contributed by atoms with Gasteiger partial charge in [-0.2, -0.15) is 0 Å². The van der Waals surface area contributed by atoms with Crippen molar-refractivity contribution in [3.05, 3.63) is 99.6 Å². The normalized spacial score (nSPS) is 18.1. The lowest BCUT2D eigenvalue weighted by atomic mass is 9.80. The smallest absolute Gasteiger partial charge is 0.250 e. The monoisotopic (exact) mass is 525 g/mol. The van der Waals surface area contributed by atoms with Crippen molar-refractivity contribution in [1.29, 1.82) is 5.41 Å². The molecule has 2 amide bonds. The van der Waals surface area contributed by atoms with Gasteiger partial charge in [-0.3, -0.25) is 15.0 Å². The van der Waals surface area contributed by atoms with E-state index in [0.29, 0.717) is 30.7 Å². The second kappa shape index (κ2) is 10.9. The number of benzene rings is 3. The number of hydrogen-bond donors (Lipinski definition) is 4. The second-order valence-electron chi connectivity index (χ2n) is 10.2. The minimum Gasteiger partial charge on any atom is -0.496 e. The number of nitrogen functional groups attached to an aromatic ring is 1. The van der Waals surface area contributed by atoms with E-state index in [1.54, 1.807) is 30.2 Å². The summed E-state index contributed by atoms with van der Waals surface area (Å²) in [7, 11) is 1.54. The minimum absolute atomic E-state index is 0.0587. The van der Waals surface area contributed by atoms with Gasteiger partial charge in [-0.15, -0.1) is 0 Å². The molecule has 0 aromatic heterocycles. The third kappa shape index (κ3) is 4.76. The molecule has 0 bridgehead atoms. The average molecular weight is 526 g/mol. The van der Waals surface area contributed by atoms with Crippen molar-refractivity contribution in [2.24, 2.45) is 11.5 Å². The fourth-order valence-electron chi connectivity index (χ4n) is 6.21. The summed E-state index contributed by atoms with van der Waals surface area (Å²) in [5.74, 6) is 0.0107. The highest BCUT2D eigenvalue weighted by atomic mass is 16.5. The van der Waals surface area contributed by atoms with E-state index in [0.717, 1.165) is 36.0 Å². The first-order valence-corrected chi connectivity index (χ1v) is 13.4. The first-order chi connectivity index (χ1) is 18.9. The van der Waals surface area contributed by atoms with Crippen LogP contribution in [0.15, 0.2) is 60.7 Å². The molecule has 1 fully saturated rings. The number of aryl methyl sites for hydroxylation is 1. The number of amidine groups is 1. The molecule has 1 atom stereocenters. The molecule has 0 radical (unpaired) electrons. The summed E-state index contributed by atoms with van der Waals surface area (Å²) in [6.45, 7) is 0.521. The van der Waals surface area contributed by atoms with E-state index in [2.05, 4.69) is 35.6 Å². The maximum absolute atomic E-state index is 14.3. The zero-order valence-corrected chi connectivity index (χ0v) is 22.3. The Labute approximate surface area is 228 Å². The number of amides is 2. The number of likely N-dealkylation sites (tertiary alicyclic amines) is 1. The molecule has 0 unspecified atom stereocenters. The van der Waals surface area contributed by atoms with E-state index in [-0.39, 0.29) is 30.7 Å². The van der Waals surface area contributed by atoms with E-state index in [1.165, 1.54) is 16.7 Å². The summed E-state index contributed by atoms with van der Waals surface area (Å²) in [6.07, 6.45) is 3.70. The van der Waals surface area contributed by atoms with Crippen molar-refractivity contribution in [2.75, 3.05) is 20.2 Å². The number of nitrogens with zero attached hydrogens (tertiary/aromatic N) is 1. The van der Waals surface area contributed by atoms with E-state index in [1.807, 2.05) is 12.1 Å². The lowest BCUT2D eigenvalue weighted by Gasteiger charge is -2.39. The number of ether oxygens (including phenoxy) is 1. The molecule has 1 aliphatic heterocycles. The summed E-state index contributed by atoms with van der Waals surface area (Å²) in [5, 5.41) is 10.8. The van der Waals surface area contributed by atoms with Gasteiger partial charge >= 0.3 is 0 Å². The summed E-state index contributed by atoms with van der Waals surface area (Å²) in [4.78, 5) is 29.1. The van der Waals surface area contributed by atoms with Crippen LogP contribution in [0.4, 0.5) is 0 Å². The highest BCUT2D eigenvalue weighted by Gasteiger charge is 2.51. The number of carbonyl (C=O) groups excluding carboxylic acids is 2. The Morgan fingerprint density at radius 2 is 1.82 bits per heavy atom. The van der Waals surface area contributed by atoms with E-state index >= 15 is 0 Å². The Morgan fingerprint density at radius 1 is 1.05 bits per heavy atom. The van der Waals surface area contributed by atoms with Crippen molar-refractivity contribution in [2.45, 2.75) is 44.2 Å². The molecule has 8 nitrogen and oxygen atoms in total. The van der Waals surface area contributed by atoms with Crippen LogP contribution in [-0.4, -0.2) is 42.7 Å². The Balaban J connectivity index is 1.54. The van der Waals surface area contributed by atoms with Crippen LogP contribution in [0.5, 0.6) is 5.75 Å². The molecular weight excluding hydrogens is 490 g/mol. The first-order valence-electron chi connectivity index (χ1n) is 13.4. The SMILES string of the molecule is COc1cc(C(=N)N)ccc1CNC(=O)[C@]1(c2cccc3c2CCc2ccccc2C3)CCCN1C(=O)CN. The van der Waals surface area contributed by atoms with Crippen molar-refractivity contribution >= 4 is 17.6 Å². The molecule has 5 rings (SSSR count). The van der Waals surface area contributed by atoms with Crippen molar-refractivity contribution in [1.82, 2.24) is 10.2 Å². The molecule has 3 aromatic rings. The summed E-state index contributed by atoms with van der Waals surface area (Å²) in [6, 6.07) is 19.9. The molecule has 0 saturated carbocycles. The lowest BCUT2D eigenvalue weighted by molar-refractivity contribution is -0.145. The molecule has 0 spiro atoms. The molecular formula is C31H35N5O3. The van der Waals surface area contributed by atoms with Gasteiger partial charge in [0.2, 0.25) is 5.91 Å². The Kier molecular flexibility index (Phi) is 7.39. The van der Waals surface area contributed by atoms with Gasteiger partial charge in [0.15, 0.2) is 0 Å². The topological polar surface area (TPSA) is 135 Å². The third-order valence-electron chi connectivity index (χ3n) is 8.13. The van der Waals surface area contributed by atoms with E-state index in [4.69, 9.17) is 21.6 Å². The predicted molar refractivity (Wildman–Crippen MR) is 151 cm³/mol. The standard InChI is InChI=1S/C31H35N5O3/c1-39-27-17-23(29(33)34)10-11-24(27)19-35-30(38)31(14-5-15-36(31)28(37)18-32)26-9-4-8-22-16-21-7-3-2-6-20(21)12-13-25(22)26/h2-4,6-11,17H,5,12-16,18-19,32H2,1H3,(H3,33,34)(H,35,38)/t31-/m1/s1. The molecule has 39 heavy (non-hydrogen) atoms. The van der Waals surface area contributed by atoms with Crippen LogP contribution in [0.25, 0.3) is 0 Å². The largest absolute Gasteiger partial charge is 0.496 e. The molecule has 1 heterocycles. The molecule has 202 valence electrons. The quantitative estimate of drug-likeness (QED) is 0.278.